The maximum absolute atomic E-state index is 13.5. The molecule has 0 atom stereocenters. The van der Waals surface area contributed by atoms with E-state index in [4.69, 9.17) is 4.74 Å². The molecule has 3 aliphatic rings. The number of anilines is 1. The summed E-state index contributed by atoms with van der Waals surface area (Å²) in [5, 5.41) is 3.22. The van der Waals surface area contributed by atoms with Gasteiger partial charge in [0.1, 0.15) is 11.4 Å². The van der Waals surface area contributed by atoms with Gasteiger partial charge in [-0.3, -0.25) is 4.79 Å². The Bertz CT molecular complexity index is 995. The minimum atomic E-state index is -0.617. The third-order valence-electron chi connectivity index (χ3n) is 6.96. The highest BCUT2D eigenvalue weighted by molar-refractivity contribution is 5.92. The number of esters is 1. The number of nitrogens with zero attached hydrogens (tertiary/aromatic N) is 2. The highest BCUT2D eigenvalue weighted by Gasteiger charge is 2.49. The summed E-state index contributed by atoms with van der Waals surface area (Å²) in [6.45, 7) is 1.59. The number of pyridine rings is 1. The Balaban J connectivity index is 1.14. The number of hydrogen-bond donors (Lipinski definition) is 1. The van der Waals surface area contributed by atoms with Crippen molar-refractivity contribution in [3.8, 4) is 0 Å². The van der Waals surface area contributed by atoms with Crippen LogP contribution in [0.3, 0.4) is 0 Å². The van der Waals surface area contributed by atoms with Crippen molar-refractivity contribution < 1.29 is 18.7 Å². The van der Waals surface area contributed by atoms with Crippen molar-refractivity contribution in [2.24, 2.45) is 5.92 Å². The largest absolute Gasteiger partial charge is 0.449 e. The Kier molecular flexibility index (Phi) is 5.12. The lowest BCUT2D eigenvalue weighted by Gasteiger charge is -2.37. The Morgan fingerprint density at radius 2 is 1.90 bits per heavy atom. The Morgan fingerprint density at radius 1 is 1.13 bits per heavy atom. The molecule has 0 radical (unpaired) electrons. The first-order valence-corrected chi connectivity index (χ1v) is 11.0. The number of nitrogens with one attached hydrogen (secondary N) is 1. The maximum atomic E-state index is 13.5. The number of benzene rings is 1. The summed E-state index contributed by atoms with van der Waals surface area (Å²) in [5.74, 6) is -0.556. The second kappa shape index (κ2) is 7.94. The zero-order valence-electron chi connectivity index (χ0n) is 17.4. The smallest absolute Gasteiger partial charge is 0.358 e. The summed E-state index contributed by atoms with van der Waals surface area (Å²) in [7, 11) is 0. The summed E-state index contributed by atoms with van der Waals surface area (Å²) in [6, 6.07) is 10.5. The molecule has 1 N–H and O–H groups in total. The zero-order valence-corrected chi connectivity index (χ0v) is 17.4. The lowest BCUT2D eigenvalue weighted by atomic mass is 9.75. The van der Waals surface area contributed by atoms with Crippen molar-refractivity contribution >= 4 is 17.6 Å². The SMILES string of the molecule is O=C1OC2(CCC(C(=O)NC3CCN(c4cccc(F)c4)CC3)CC2)c2cccnc21. The Labute approximate surface area is 180 Å². The lowest BCUT2D eigenvalue weighted by molar-refractivity contribution is -0.128. The van der Waals surface area contributed by atoms with Gasteiger partial charge in [-0.15, -0.1) is 0 Å². The van der Waals surface area contributed by atoms with Crippen LogP contribution in [0.15, 0.2) is 42.6 Å². The van der Waals surface area contributed by atoms with Gasteiger partial charge in [0, 0.05) is 42.5 Å². The van der Waals surface area contributed by atoms with Gasteiger partial charge in [-0.2, -0.15) is 0 Å². The molecule has 2 aliphatic heterocycles. The standard InChI is InChI=1S/C24H26FN3O3/c25-17-3-1-4-19(15-17)28-13-8-18(9-14-28)27-22(29)16-6-10-24(11-7-16)20-5-2-12-26-21(20)23(30)31-24/h1-5,12,15-16,18H,6-11,13-14H2,(H,27,29). The molecule has 2 aromatic rings. The fraction of sp³-hybridized carbons (Fsp3) is 0.458. The molecule has 5 rings (SSSR count). The van der Waals surface area contributed by atoms with Crippen LogP contribution >= 0.6 is 0 Å². The number of halogens is 1. The number of piperidine rings is 1. The van der Waals surface area contributed by atoms with Gasteiger partial charge in [-0.05, 0) is 62.8 Å². The fourth-order valence-electron chi connectivity index (χ4n) is 5.21. The molecule has 1 aromatic carbocycles. The van der Waals surface area contributed by atoms with Crippen LogP contribution in [0.1, 0.15) is 54.6 Å². The molecule has 162 valence electrons. The summed E-state index contributed by atoms with van der Waals surface area (Å²) < 4.78 is 19.2. The number of amides is 1. The highest BCUT2D eigenvalue weighted by atomic mass is 19.1. The highest BCUT2D eigenvalue weighted by Crippen LogP contribution is 2.47. The second-order valence-electron chi connectivity index (χ2n) is 8.81. The first-order chi connectivity index (χ1) is 15.0. The second-order valence-corrected chi connectivity index (χ2v) is 8.81. The quantitative estimate of drug-likeness (QED) is 0.765. The number of aromatic nitrogens is 1. The molecule has 3 heterocycles. The summed E-state index contributed by atoms with van der Waals surface area (Å²) >= 11 is 0. The average molecular weight is 423 g/mol. The van der Waals surface area contributed by atoms with Gasteiger partial charge in [-0.1, -0.05) is 12.1 Å². The van der Waals surface area contributed by atoms with Crippen LogP contribution in [-0.2, 0) is 15.1 Å². The molecule has 1 saturated heterocycles. The number of carbonyl (C=O) groups excluding carboxylic acids is 2. The van der Waals surface area contributed by atoms with Gasteiger partial charge in [0.15, 0.2) is 5.69 Å². The molecular formula is C24H26FN3O3. The van der Waals surface area contributed by atoms with Gasteiger partial charge in [0.05, 0.1) is 0 Å². The third-order valence-corrected chi connectivity index (χ3v) is 6.96. The molecule has 7 heteroatoms. The van der Waals surface area contributed by atoms with E-state index in [1.807, 2.05) is 18.2 Å². The van der Waals surface area contributed by atoms with Crippen LogP contribution in [0.25, 0.3) is 0 Å². The van der Waals surface area contributed by atoms with E-state index in [0.29, 0.717) is 31.4 Å². The van der Waals surface area contributed by atoms with Crippen LogP contribution in [0.5, 0.6) is 0 Å². The van der Waals surface area contributed by atoms with Crippen molar-refractivity contribution in [2.75, 3.05) is 18.0 Å². The molecule has 0 bridgehead atoms. The molecule has 6 nitrogen and oxygen atoms in total. The number of hydrogen-bond acceptors (Lipinski definition) is 5. The predicted octanol–water partition coefficient (Wildman–Crippen LogP) is 3.56. The molecule has 2 fully saturated rings. The Hall–Kier alpha value is -2.96. The monoisotopic (exact) mass is 423 g/mol. The maximum Gasteiger partial charge on any atom is 0.358 e. The lowest BCUT2D eigenvalue weighted by Crippen LogP contribution is -2.47. The summed E-state index contributed by atoms with van der Waals surface area (Å²) in [4.78, 5) is 31.4. The fourth-order valence-corrected chi connectivity index (χ4v) is 5.21. The number of fused-ring (bicyclic) bond motifs is 2. The van der Waals surface area contributed by atoms with Crippen molar-refractivity contribution in [2.45, 2.75) is 50.2 Å². The van der Waals surface area contributed by atoms with Gasteiger partial charge < -0.3 is 15.0 Å². The predicted molar refractivity (Wildman–Crippen MR) is 113 cm³/mol. The zero-order chi connectivity index (χ0) is 21.4. The van der Waals surface area contributed by atoms with Gasteiger partial charge in [0.25, 0.3) is 0 Å². The number of carbonyl (C=O) groups is 2. The van der Waals surface area contributed by atoms with Crippen molar-refractivity contribution in [1.82, 2.24) is 10.3 Å². The molecule has 1 saturated carbocycles. The van der Waals surface area contributed by atoms with E-state index in [2.05, 4.69) is 15.2 Å². The van der Waals surface area contributed by atoms with Gasteiger partial charge in [0.2, 0.25) is 5.91 Å². The Morgan fingerprint density at radius 3 is 2.65 bits per heavy atom. The van der Waals surface area contributed by atoms with Crippen molar-refractivity contribution in [3.63, 3.8) is 0 Å². The van der Waals surface area contributed by atoms with E-state index in [1.54, 1.807) is 18.3 Å². The van der Waals surface area contributed by atoms with E-state index < -0.39 is 5.60 Å². The van der Waals surface area contributed by atoms with E-state index >= 15 is 0 Å². The molecule has 1 aliphatic carbocycles. The van der Waals surface area contributed by atoms with Crippen LogP contribution in [0.2, 0.25) is 0 Å². The normalized spacial score (nSPS) is 25.9. The first kappa shape index (κ1) is 20.0. The molecule has 1 spiro atoms. The topological polar surface area (TPSA) is 71.5 Å². The molecular weight excluding hydrogens is 397 g/mol. The number of rotatable bonds is 3. The molecule has 1 amide bonds. The van der Waals surface area contributed by atoms with Gasteiger partial charge in [-0.25, -0.2) is 14.2 Å². The number of ether oxygens (including phenoxy) is 1. The third kappa shape index (κ3) is 3.77. The van der Waals surface area contributed by atoms with Crippen molar-refractivity contribution in [3.05, 3.63) is 59.7 Å². The van der Waals surface area contributed by atoms with Gasteiger partial charge >= 0.3 is 5.97 Å². The van der Waals surface area contributed by atoms with E-state index in [0.717, 1.165) is 37.2 Å². The summed E-state index contributed by atoms with van der Waals surface area (Å²) in [6.07, 6.45) is 5.97. The molecule has 1 aromatic heterocycles. The molecule has 31 heavy (non-hydrogen) atoms. The van der Waals surface area contributed by atoms with Crippen molar-refractivity contribution in [1.29, 1.82) is 0 Å². The molecule has 0 unspecified atom stereocenters. The van der Waals surface area contributed by atoms with Crippen LogP contribution in [0, 0.1) is 11.7 Å². The first-order valence-electron chi connectivity index (χ1n) is 11.0. The van der Waals surface area contributed by atoms with Crippen LogP contribution in [0.4, 0.5) is 10.1 Å². The van der Waals surface area contributed by atoms with E-state index in [1.165, 1.54) is 6.07 Å². The summed E-state index contributed by atoms with van der Waals surface area (Å²) in [5.41, 5.74) is 1.55. The van der Waals surface area contributed by atoms with Crippen LogP contribution in [-0.4, -0.2) is 36.0 Å². The van der Waals surface area contributed by atoms with E-state index in [9.17, 15) is 14.0 Å². The average Bonchev–Trinajstić information content (AvgIpc) is 3.06. The van der Waals surface area contributed by atoms with Crippen LogP contribution < -0.4 is 10.2 Å². The minimum absolute atomic E-state index is 0.0636. The minimum Gasteiger partial charge on any atom is -0.449 e. The van der Waals surface area contributed by atoms with E-state index in [-0.39, 0.29) is 29.7 Å².